The number of aromatic nitrogens is 3. The number of carbonyl (C=O) groups is 3. The molecule has 5 rings (SSSR count). The Hall–Kier alpha value is -3.78. The molecule has 0 aliphatic heterocycles. The second-order valence-electron chi connectivity index (χ2n) is 12.1. The van der Waals surface area contributed by atoms with Crippen molar-refractivity contribution < 1.29 is 20.5 Å². The van der Waals surface area contributed by atoms with Crippen LogP contribution in [0.4, 0.5) is 16.3 Å². The summed E-state index contributed by atoms with van der Waals surface area (Å²) in [6.45, 7) is 10.1. The Morgan fingerprint density at radius 1 is 1.00 bits per heavy atom. The van der Waals surface area contributed by atoms with Crippen molar-refractivity contribution in [3.8, 4) is 5.69 Å². The van der Waals surface area contributed by atoms with Gasteiger partial charge in [-0.1, -0.05) is 104 Å². The van der Waals surface area contributed by atoms with Gasteiger partial charge in [0.2, 0.25) is 5.24 Å². The van der Waals surface area contributed by atoms with E-state index in [9.17, 15) is 14.4 Å². The summed E-state index contributed by atoms with van der Waals surface area (Å²) in [6, 6.07) is 25.3. The standard InChI is InChI=1S/C34H35N5O3S.C3H5ClO.CH3I/c1-22-10-12-24(13-11-22)39-32(20-31(38-39)34(2,3)4)37-33(41)36-29-14-15-30(28-9-7-6-8-27(28)29)43-26-16-17-35-23(19-26)18-25(40)21-42-5;1-2-3(4)5;1-2/h6-17,19-20H,18,21H2,1-5H3,(H2,36,37,41);2H2,1H3;1H3/i;;1D. The highest BCUT2D eigenvalue weighted by Gasteiger charge is 2.22. The average Bonchev–Trinajstić information content (AvgIpc) is 3.51. The van der Waals surface area contributed by atoms with Crippen molar-refractivity contribution in [3.63, 3.8) is 0 Å². The molecule has 5 aromatic rings. The van der Waals surface area contributed by atoms with Crippen LogP contribution < -0.4 is 10.6 Å². The number of alkyl halides is 1. The second-order valence-corrected chi connectivity index (χ2v) is 13.6. The molecular weight excluding hydrogens is 785 g/mol. The number of Topliss-reactive ketones (excluding diaryl/α,β-unsaturated/α-hetero) is 1. The van der Waals surface area contributed by atoms with Crippen LogP contribution in [0.5, 0.6) is 0 Å². The van der Waals surface area contributed by atoms with E-state index in [2.05, 4.69) is 36.4 Å². The number of halogens is 2. The van der Waals surface area contributed by atoms with Crippen LogP contribution in [0, 0.1) is 6.92 Å². The van der Waals surface area contributed by atoms with Gasteiger partial charge in [0.25, 0.3) is 0 Å². The number of hydrogen-bond acceptors (Lipinski definition) is 7. The van der Waals surface area contributed by atoms with Crippen LogP contribution in [0.3, 0.4) is 0 Å². The van der Waals surface area contributed by atoms with Gasteiger partial charge in [-0.25, -0.2) is 9.48 Å². The zero-order valence-corrected chi connectivity index (χ0v) is 32.8. The molecule has 0 saturated heterocycles. The van der Waals surface area contributed by atoms with Crippen molar-refractivity contribution in [1.29, 1.82) is 0 Å². The smallest absolute Gasteiger partial charge is 0.324 e. The van der Waals surface area contributed by atoms with Gasteiger partial charge < -0.3 is 10.1 Å². The number of anilines is 2. The predicted octanol–water partition coefficient (Wildman–Crippen LogP) is 9.79. The molecule has 50 heavy (non-hydrogen) atoms. The number of fused-ring (bicyclic) bond motifs is 1. The predicted molar refractivity (Wildman–Crippen MR) is 214 cm³/mol. The van der Waals surface area contributed by atoms with E-state index in [4.69, 9.17) is 22.8 Å². The number of benzene rings is 3. The fraction of sp³-hybridized carbons (Fsp3) is 0.289. The first-order chi connectivity index (χ1) is 24.3. The van der Waals surface area contributed by atoms with Gasteiger partial charge in [0.1, 0.15) is 12.4 Å². The Morgan fingerprint density at radius 2 is 1.66 bits per heavy atom. The molecule has 12 heteroatoms. The van der Waals surface area contributed by atoms with Crippen LogP contribution in [-0.4, -0.2) is 50.4 Å². The molecule has 0 radical (unpaired) electrons. The summed E-state index contributed by atoms with van der Waals surface area (Å²) in [6.07, 6.45) is 2.37. The van der Waals surface area contributed by atoms with Crippen molar-refractivity contribution in [3.05, 3.63) is 102 Å². The third-order valence-corrected chi connectivity index (χ3v) is 8.44. The molecule has 0 saturated carbocycles. The molecule has 0 aliphatic rings. The van der Waals surface area contributed by atoms with E-state index < -0.39 is 0 Å². The highest BCUT2D eigenvalue weighted by Crippen LogP contribution is 2.37. The minimum absolute atomic E-state index is 0.0205. The SMILES string of the molecule is CCC(=O)Cl.COCC(=O)Cc1cc(Sc2ccc(NC(=O)Nc3cc(C(C)(C)C)nn3-c3ccc(C)cc3)c3ccccc23)ccn1.[2H]CI. The van der Waals surface area contributed by atoms with Gasteiger partial charge in [0.05, 0.1) is 23.5 Å². The van der Waals surface area contributed by atoms with Crippen molar-refractivity contribution >= 4 is 85.3 Å². The lowest BCUT2D eigenvalue weighted by Gasteiger charge is -2.14. The molecule has 3 aromatic carbocycles. The molecule has 9 nitrogen and oxygen atoms in total. The number of hydrogen-bond donors (Lipinski definition) is 2. The average molecular weight is 829 g/mol. The fourth-order valence-corrected chi connectivity index (χ4v) is 5.62. The quantitative estimate of drug-likeness (QED) is 0.0819. The number of nitrogens with zero attached hydrogens (tertiary/aromatic N) is 3. The Kier molecular flexibility index (Phi) is 15.3. The van der Waals surface area contributed by atoms with E-state index in [0.29, 0.717) is 28.5 Å². The van der Waals surface area contributed by atoms with Gasteiger partial charge >= 0.3 is 6.03 Å². The van der Waals surface area contributed by atoms with Crippen LogP contribution in [0.25, 0.3) is 16.5 Å². The van der Waals surface area contributed by atoms with Gasteiger partial charge in [-0.2, -0.15) is 5.10 Å². The van der Waals surface area contributed by atoms with Gasteiger partial charge in [-0.15, -0.1) is 0 Å². The first-order valence-electron chi connectivity index (χ1n) is 16.4. The Labute approximate surface area is 318 Å². The molecule has 2 N–H and O–H groups in total. The molecule has 0 unspecified atom stereocenters. The first-order valence-corrected chi connectivity index (χ1v) is 18.5. The maximum Gasteiger partial charge on any atom is 0.324 e. The van der Waals surface area contributed by atoms with Crippen LogP contribution in [-0.2, 0) is 26.2 Å². The van der Waals surface area contributed by atoms with Gasteiger partial charge in [-0.3, -0.25) is 19.9 Å². The van der Waals surface area contributed by atoms with Crippen LogP contribution in [0.15, 0.2) is 94.9 Å². The molecular formula is C38H43ClIN5O4S. The molecule has 0 fully saturated rings. The number of carbonyl (C=O) groups excluding carboxylic acids is 3. The van der Waals surface area contributed by atoms with Crippen molar-refractivity contribution in [2.75, 3.05) is 29.3 Å². The van der Waals surface area contributed by atoms with E-state index in [1.807, 2.05) is 108 Å². The monoisotopic (exact) mass is 828 g/mol. The summed E-state index contributed by atoms with van der Waals surface area (Å²) in [7, 11) is 1.51. The van der Waals surface area contributed by atoms with Gasteiger partial charge in [0, 0.05) is 53.5 Å². The Morgan fingerprint density at radius 3 is 2.28 bits per heavy atom. The van der Waals surface area contributed by atoms with Crippen LogP contribution >= 0.6 is 46.0 Å². The molecule has 2 aromatic heterocycles. The lowest BCUT2D eigenvalue weighted by molar-refractivity contribution is -0.122. The summed E-state index contributed by atoms with van der Waals surface area (Å²) in [5.41, 5.74) is 4.08. The zero-order valence-electron chi connectivity index (χ0n) is 30.1. The van der Waals surface area contributed by atoms with E-state index in [0.717, 1.165) is 37.5 Å². The number of ketones is 1. The summed E-state index contributed by atoms with van der Waals surface area (Å²) >= 11 is 8.36. The fourth-order valence-electron chi connectivity index (χ4n) is 4.62. The largest absolute Gasteiger partial charge is 0.377 e. The maximum atomic E-state index is 13.4. The molecule has 0 bridgehead atoms. The molecule has 264 valence electrons. The van der Waals surface area contributed by atoms with Crippen molar-refractivity contribution in [2.45, 2.75) is 62.7 Å². The highest BCUT2D eigenvalue weighted by molar-refractivity contribution is 14.1. The molecule has 2 amide bonds. The van der Waals surface area contributed by atoms with Crippen molar-refractivity contribution in [2.24, 2.45) is 0 Å². The summed E-state index contributed by atoms with van der Waals surface area (Å²) in [5, 5.41) is 12.5. The second kappa shape index (κ2) is 19.6. The lowest BCUT2D eigenvalue weighted by atomic mass is 9.92. The maximum absolute atomic E-state index is 13.4. The van der Waals surface area contributed by atoms with Crippen LogP contribution in [0.1, 0.15) is 52.4 Å². The third kappa shape index (κ3) is 11.9. The molecule has 2 heterocycles. The number of pyridine rings is 1. The Balaban J connectivity index is 0.000000795. The van der Waals surface area contributed by atoms with Crippen molar-refractivity contribution in [1.82, 2.24) is 14.8 Å². The minimum Gasteiger partial charge on any atom is -0.377 e. The lowest BCUT2D eigenvalue weighted by Crippen LogP contribution is -2.21. The minimum atomic E-state index is -0.362. The normalized spacial score (nSPS) is 11.0. The van der Waals surface area contributed by atoms with E-state index in [1.54, 1.807) is 29.6 Å². The van der Waals surface area contributed by atoms with Gasteiger partial charge in [-0.05, 0) is 65.2 Å². The molecule has 0 spiro atoms. The molecule has 0 aliphatic carbocycles. The number of amides is 2. The number of urea groups is 1. The van der Waals surface area contributed by atoms with E-state index in [-0.39, 0.29) is 35.5 Å². The van der Waals surface area contributed by atoms with Crippen LogP contribution in [0.2, 0.25) is 0 Å². The first kappa shape index (κ1) is 39.0. The number of nitrogens with one attached hydrogen (secondary N) is 2. The summed E-state index contributed by atoms with van der Waals surface area (Å²) in [5.74, 6) is 0.563. The third-order valence-electron chi connectivity index (χ3n) is 7.11. The summed E-state index contributed by atoms with van der Waals surface area (Å²) in [4.78, 5) is 41.8. The van der Waals surface area contributed by atoms with E-state index in [1.165, 1.54) is 7.11 Å². The molecule has 0 atom stereocenters. The summed E-state index contributed by atoms with van der Waals surface area (Å²) < 4.78 is 12.9. The number of aryl methyl sites for hydroxylation is 1. The highest BCUT2D eigenvalue weighted by atomic mass is 127. The topological polar surface area (TPSA) is 115 Å². The van der Waals surface area contributed by atoms with E-state index >= 15 is 0 Å². The number of ether oxygens (including phenoxy) is 1. The zero-order chi connectivity index (χ0) is 37.6. The number of rotatable bonds is 10. The number of methoxy groups -OCH3 is 1. The Bertz CT molecular complexity index is 1930. The van der Waals surface area contributed by atoms with Gasteiger partial charge in [0.15, 0.2) is 5.78 Å².